The van der Waals surface area contributed by atoms with Crippen LogP contribution < -0.4 is 0 Å². The van der Waals surface area contributed by atoms with Crippen molar-refractivity contribution >= 4 is 6.09 Å². The summed E-state index contributed by atoms with van der Waals surface area (Å²) in [5.41, 5.74) is 1.32. The lowest BCUT2D eigenvalue weighted by Crippen LogP contribution is -2.31. The minimum Gasteiger partial charge on any atom is -0.445 e. The molecule has 4 heteroatoms. The maximum Gasteiger partial charge on any atom is 0.419 e. The van der Waals surface area contributed by atoms with E-state index in [2.05, 4.69) is 25.4 Å². The maximum absolute atomic E-state index is 11.7. The second-order valence-electron chi connectivity index (χ2n) is 5.21. The molecule has 1 fully saturated rings. The summed E-state index contributed by atoms with van der Waals surface area (Å²) in [6.07, 6.45) is 6.84. The molecule has 92 valence electrons. The predicted octanol–water partition coefficient (Wildman–Crippen LogP) is 3.00. The topological polar surface area (TPSA) is 44.1 Å². The van der Waals surface area contributed by atoms with Crippen molar-refractivity contribution in [1.29, 1.82) is 0 Å². The average molecular weight is 234 g/mol. The molecule has 2 rings (SSSR count). The van der Waals surface area contributed by atoms with Crippen LogP contribution in [0, 0.1) is 5.41 Å². The maximum atomic E-state index is 11.7. The van der Waals surface area contributed by atoms with Crippen molar-refractivity contribution in [1.82, 2.24) is 9.55 Å². The highest BCUT2D eigenvalue weighted by atomic mass is 16.6. The molecular weight excluding hydrogens is 216 g/mol. The molecule has 0 aromatic carbocycles. The fourth-order valence-corrected chi connectivity index (χ4v) is 2.02. The summed E-state index contributed by atoms with van der Waals surface area (Å²) in [7, 11) is 0. The molecule has 1 saturated carbocycles. The minimum atomic E-state index is -0.361. The summed E-state index contributed by atoms with van der Waals surface area (Å²) >= 11 is 0. The van der Waals surface area contributed by atoms with Crippen molar-refractivity contribution in [3.63, 3.8) is 0 Å². The Morgan fingerprint density at radius 1 is 1.65 bits per heavy atom. The quantitative estimate of drug-likeness (QED) is 0.701. The van der Waals surface area contributed by atoms with Gasteiger partial charge in [-0.05, 0) is 18.3 Å². The van der Waals surface area contributed by atoms with E-state index in [1.165, 1.54) is 10.9 Å². The van der Waals surface area contributed by atoms with Gasteiger partial charge in [-0.1, -0.05) is 26.0 Å². The number of carbonyl (C=O) groups excluding carboxylic acids is 1. The molecular formula is C13H18N2O2. The van der Waals surface area contributed by atoms with Gasteiger partial charge < -0.3 is 4.74 Å². The molecule has 0 bridgehead atoms. The molecule has 0 spiro atoms. The average Bonchev–Trinajstić information content (AvgIpc) is 2.77. The Labute approximate surface area is 101 Å². The van der Waals surface area contributed by atoms with Gasteiger partial charge in [0.1, 0.15) is 12.4 Å². The number of carbonyl (C=O) groups is 1. The lowest BCUT2D eigenvalue weighted by Gasteiger charge is -2.36. The second kappa shape index (κ2) is 4.35. The lowest BCUT2D eigenvalue weighted by atomic mass is 9.73. The fraction of sp³-hybridized carbons (Fsp3) is 0.538. The van der Waals surface area contributed by atoms with E-state index in [4.69, 9.17) is 4.74 Å². The zero-order chi connectivity index (χ0) is 12.5. The van der Waals surface area contributed by atoms with Gasteiger partial charge in [0.15, 0.2) is 0 Å². The zero-order valence-electron chi connectivity index (χ0n) is 10.3. The number of hydrogen-bond donors (Lipinski definition) is 0. The van der Waals surface area contributed by atoms with Crippen LogP contribution in [0.1, 0.15) is 33.1 Å². The Bertz CT molecular complexity index is 421. The van der Waals surface area contributed by atoms with Gasteiger partial charge in [-0.3, -0.25) is 0 Å². The Hall–Kier alpha value is -1.58. The molecule has 0 radical (unpaired) electrons. The van der Waals surface area contributed by atoms with Gasteiger partial charge in [0, 0.05) is 18.8 Å². The molecule has 1 unspecified atom stereocenters. The van der Waals surface area contributed by atoms with Crippen LogP contribution in [0.2, 0.25) is 0 Å². The molecule has 0 aliphatic heterocycles. The first-order valence-electron chi connectivity index (χ1n) is 5.86. The lowest BCUT2D eigenvalue weighted by molar-refractivity contribution is 0.0713. The Morgan fingerprint density at radius 3 is 3.00 bits per heavy atom. The molecule has 0 amide bonds. The first-order valence-corrected chi connectivity index (χ1v) is 5.86. The number of aromatic nitrogens is 2. The van der Waals surface area contributed by atoms with Crippen LogP contribution in [0.25, 0.3) is 0 Å². The summed E-state index contributed by atoms with van der Waals surface area (Å²) in [5, 5.41) is 0. The monoisotopic (exact) mass is 234 g/mol. The van der Waals surface area contributed by atoms with Crippen molar-refractivity contribution < 1.29 is 9.53 Å². The van der Waals surface area contributed by atoms with Crippen LogP contribution >= 0.6 is 0 Å². The molecule has 1 heterocycles. The third-order valence-corrected chi connectivity index (χ3v) is 3.51. The van der Waals surface area contributed by atoms with Gasteiger partial charge in [0.25, 0.3) is 0 Å². The van der Waals surface area contributed by atoms with Crippen molar-refractivity contribution in [2.24, 2.45) is 5.41 Å². The van der Waals surface area contributed by atoms with Crippen molar-refractivity contribution in [2.75, 3.05) is 0 Å². The number of rotatable bonds is 1. The van der Waals surface area contributed by atoms with E-state index in [-0.39, 0.29) is 17.6 Å². The van der Waals surface area contributed by atoms with Crippen LogP contribution in [0.15, 0.2) is 30.9 Å². The smallest absolute Gasteiger partial charge is 0.419 e. The minimum absolute atomic E-state index is 0.0505. The van der Waals surface area contributed by atoms with E-state index in [0.717, 1.165) is 24.8 Å². The standard InChI is InChI=1S/C13H18N2O2/c1-10-8-11(4-5-13(10,2)3)17-12(16)15-7-6-14-9-15/h6-7,9,11H,1,4-5,8H2,2-3H3. The van der Waals surface area contributed by atoms with Crippen molar-refractivity contribution in [3.05, 3.63) is 30.9 Å². The van der Waals surface area contributed by atoms with Gasteiger partial charge in [-0.2, -0.15) is 0 Å². The van der Waals surface area contributed by atoms with Gasteiger partial charge in [-0.25, -0.2) is 14.3 Å². The largest absolute Gasteiger partial charge is 0.445 e. The molecule has 1 aliphatic rings. The molecule has 4 nitrogen and oxygen atoms in total. The Kier molecular flexibility index (Phi) is 3.05. The van der Waals surface area contributed by atoms with Gasteiger partial charge >= 0.3 is 6.09 Å². The summed E-state index contributed by atoms with van der Waals surface area (Å²) in [5.74, 6) is 0. The van der Waals surface area contributed by atoms with E-state index in [1.807, 2.05) is 0 Å². The highest BCUT2D eigenvalue weighted by Gasteiger charge is 2.32. The fourth-order valence-electron chi connectivity index (χ4n) is 2.02. The highest BCUT2D eigenvalue weighted by Crippen LogP contribution is 2.39. The molecule has 1 aromatic rings. The van der Waals surface area contributed by atoms with Crippen LogP contribution in [0.3, 0.4) is 0 Å². The molecule has 1 aromatic heterocycles. The molecule has 0 saturated heterocycles. The molecule has 0 N–H and O–H groups in total. The van der Waals surface area contributed by atoms with Crippen molar-refractivity contribution in [3.8, 4) is 0 Å². The van der Waals surface area contributed by atoms with Gasteiger partial charge in [0.2, 0.25) is 0 Å². The number of imidazole rings is 1. The summed E-state index contributed by atoms with van der Waals surface area (Å²) in [6.45, 7) is 8.44. The molecule has 1 atom stereocenters. The normalized spacial score (nSPS) is 23.4. The Morgan fingerprint density at radius 2 is 2.41 bits per heavy atom. The van der Waals surface area contributed by atoms with E-state index >= 15 is 0 Å². The predicted molar refractivity (Wildman–Crippen MR) is 64.7 cm³/mol. The number of hydrogen-bond acceptors (Lipinski definition) is 3. The van der Waals surface area contributed by atoms with E-state index in [1.54, 1.807) is 12.4 Å². The third kappa shape index (κ3) is 2.57. The number of nitrogens with zero attached hydrogens (tertiary/aromatic N) is 2. The Balaban J connectivity index is 1.94. The highest BCUT2D eigenvalue weighted by molar-refractivity contribution is 5.70. The van der Waals surface area contributed by atoms with Gasteiger partial charge in [-0.15, -0.1) is 0 Å². The van der Waals surface area contributed by atoms with Crippen LogP contribution in [0.4, 0.5) is 4.79 Å². The van der Waals surface area contributed by atoms with Crippen LogP contribution in [0.5, 0.6) is 0 Å². The van der Waals surface area contributed by atoms with E-state index in [9.17, 15) is 4.79 Å². The van der Waals surface area contributed by atoms with E-state index < -0.39 is 0 Å². The first kappa shape index (κ1) is 11.9. The zero-order valence-corrected chi connectivity index (χ0v) is 10.3. The van der Waals surface area contributed by atoms with Crippen LogP contribution in [-0.4, -0.2) is 21.7 Å². The van der Waals surface area contributed by atoms with E-state index in [0.29, 0.717) is 0 Å². The summed E-state index contributed by atoms with van der Waals surface area (Å²) < 4.78 is 6.77. The molecule has 1 aliphatic carbocycles. The van der Waals surface area contributed by atoms with Gasteiger partial charge in [0.05, 0.1) is 0 Å². The third-order valence-electron chi connectivity index (χ3n) is 3.51. The summed E-state index contributed by atoms with van der Waals surface area (Å²) in [4.78, 5) is 15.5. The van der Waals surface area contributed by atoms with Crippen molar-refractivity contribution in [2.45, 2.75) is 39.2 Å². The SMILES string of the molecule is C=C1CC(OC(=O)n2ccnc2)CCC1(C)C. The first-order chi connectivity index (χ1) is 7.99. The summed E-state index contributed by atoms with van der Waals surface area (Å²) in [6, 6.07) is 0. The van der Waals surface area contributed by atoms with Crippen LogP contribution in [-0.2, 0) is 4.74 Å². The second-order valence-corrected chi connectivity index (χ2v) is 5.21. The molecule has 17 heavy (non-hydrogen) atoms. The number of ether oxygens (including phenoxy) is 1.